The molecule has 0 spiro atoms. The van der Waals surface area contributed by atoms with E-state index in [1.165, 1.54) is 0 Å². The van der Waals surface area contributed by atoms with Crippen molar-refractivity contribution in [3.63, 3.8) is 0 Å². The average Bonchev–Trinajstić information content (AvgIpc) is 3.01. The van der Waals surface area contributed by atoms with Crippen molar-refractivity contribution in [1.82, 2.24) is 9.55 Å². The predicted octanol–water partition coefficient (Wildman–Crippen LogP) is 4.98. The van der Waals surface area contributed by atoms with E-state index >= 15 is 0 Å². The lowest BCUT2D eigenvalue weighted by Gasteiger charge is -2.15. The molecule has 0 aliphatic carbocycles. The molecule has 3 nitrogen and oxygen atoms in total. The van der Waals surface area contributed by atoms with Gasteiger partial charge in [0.25, 0.3) is 0 Å². The predicted molar refractivity (Wildman–Crippen MR) is 86.4 cm³/mol. The van der Waals surface area contributed by atoms with Crippen molar-refractivity contribution in [2.45, 2.75) is 26.3 Å². The monoisotopic (exact) mass is 322 g/mol. The maximum absolute atomic E-state index is 6.06. The third-order valence-corrected chi connectivity index (χ3v) is 4.03. The van der Waals surface area contributed by atoms with Crippen molar-refractivity contribution >= 4 is 34.2 Å². The quantitative estimate of drug-likeness (QED) is 0.634. The highest BCUT2D eigenvalue weighted by molar-refractivity contribution is 6.31. The Morgan fingerprint density at radius 2 is 2.10 bits per heavy atom. The Balaban J connectivity index is 2.16. The Labute approximate surface area is 133 Å². The van der Waals surface area contributed by atoms with Gasteiger partial charge in [-0.3, -0.25) is 0 Å². The smallest absolute Gasteiger partial charge is 0.126 e. The van der Waals surface area contributed by atoms with Crippen LogP contribution in [0.3, 0.4) is 0 Å². The second-order valence-electron chi connectivity index (χ2n) is 5.09. The highest BCUT2D eigenvalue weighted by Crippen LogP contribution is 2.29. The van der Waals surface area contributed by atoms with Gasteiger partial charge in [0.05, 0.1) is 17.1 Å². The molecular formula is C16H16Cl2N2O. The van der Waals surface area contributed by atoms with Crippen LogP contribution in [0.4, 0.5) is 0 Å². The molecule has 0 saturated carbocycles. The zero-order valence-electron chi connectivity index (χ0n) is 11.9. The van der Waals surface area contributed by atoms with Crippen molar-refractivity contribution in [3.05, 3.63) is 52.7 Å². The van der Waals surface area contributed by atoms with Crippen LogP contribution in [-0.2, 0) is 6.42 Å². The SMILES string of the molecule is Cc1ccc(C(C)n2c(CCCl)nc3cc(Cl)ccc32)o1. The average molecular weight is 323 g/mol. The Hall–Kier alpha value is -1.45. The Morgan fingerprint density at radius 1 is 1.29 bits per heavy atom. The molecule has 0 aliphatic rings. The Kier molecular flexibility index (Phi) is 3.96. The molecular weight excluding hydrogens is 307 g/mol. The van der Waals surface area contributed by atoms with E-state index < -0.39 is 0 Å². The molecule has 5 heteroatoms. The minimum Gasteiger partial charge on any atom is -0.464 e. The molecule has 1 atom stereocenters. The zero-order valence-corrected chi connectivity index (χ0v) is 13.4. The first kappa shape index (κ1) is 14.5. The van der Waals surface area contributed by atoms with E-state index in [0.717, 1.165) is 28.4 Å². The van der Waals surface area contributed by atoms with Crippen LogP contribution in [0.1, 0.15) is 30.3 Å². The molecule has 3 aromatic rings. The lowest BCUT2D eigenvalue weighted by molar-refractivity contribution is 0.428. The summed E-state index contributed by atoms with van der Waals surface area (Å²) < 4.78 is 7.94. The van der Waals surface area contributed by atoms with Gasteiger partial charge in [-0.1, -0.05) is 11.6 Å². The Morgan fingerprint density at radius 3 is 2.76 bits per heavy atom. The molecule has 1 aromatic carbocycles. The topological polar surface area (TPSA) is 31.0 Å². The van der Waals surface area contributed by atoms with Crippen molar-refractivity contribution in [2.24, 2.45) is 0 Å². The number of benzene rings is 1. The van der Waals surface area contributed by atoms with Crippen LogP contribution in [0.2, 0.25) is 5.02 Å². The number of imidazole rings is 1. The first-order chi connectivity index (χ1) is 10.1. The van der Waals surface area contributed by atoms with Crippen LogP contribution < -0.4 is 0 Å². The van der Waals surface area contributed by atoms with E-state index in [1.807, 2.05) is 37.3 Å². The highest BCUT2D eigenvalue weighted by atomic mass is 35.5. The number of fused-ring (bicyclic) bond motifs is 1. The second-order valence-corrected chi connectivity index (χ2v) is 5.91. The van der Waals surface area contributed by atoms with Gasteiger partial charge in [0, 0.05) is 17.3 Å². The second kappa shape index (κ2) is 5.74. The van der Waals surface area contributed by atoms with Gasteiger partial charge >= 0.3 is 0 Å². The molecule has 0 radical (unpaired) electrons. The van der Waals surface area contributed by atoms with Crippen molar-refractivity contribution < 1.29 is 4.42 Å². The van der Waals surface area contributed by atoms with Gasteiger partial charge in [0.1, 0.15) is 17.3 Å². The molecule has 0 bridgehead atoms. The van der Waals surface area contributed by atoms with E-state index in [4.69, 9.17) is 27.6 Å². The molecule has 110 valence electrons. The van der Waals surface area contributed by atoms with Gasteiger partial charge in [0.15, 0.2) is 0 Å². The largest absolute Gasteiger partial charge is 0.464 e. The summed E-state index contributed by atoms with van der Waals surface area (Å²) in [5.74, 6) is 3.30. The summed E-state index contributed by atoms with van der Waals surface area (Å²) in [5, 5.41) is 0.686. The molecule has 0 N–H and O–H groups in total. The fourth-order valence-corrected chi connectivity index (χ4v) is 2.96. The van der Waals surface area contributed by atoms with Gasteiger partial charge < -0.3 is 8.98 Å². The number of hydrogen-bond donors (Lipinski definition) is 0. The molecule has 0 amide bonds. The van der Waals surface area contributed by atoms with Crippen LogP contribution in [0.25, 0.3) is 11.0 Å². The normalized spacial score (nSPS) is 13.0. The number of furan rings is 1. The summed E-state index contributed by atoms with van der Waals surface area (Å²) in [4.78, 5) is 4.67. The number of halogens is 2. The first-order valence-electron chi connectivity index (χ1n) is 6.89. The standard InChI is InChI=1S/C16H16Cl2N2O/c1-10-3-6-15(21-10)11(2)20-14-5-4-12(18)9-13(14)19-16(20)7-8-17/h3-6,9,11H,7-8H2,1-2H3. The maximum Gasteiger partial charge on any atom is 0.126 e. The fourth-order valence-electron chi connectivity index (χ4n) is 2.62. The minimum absolute atomic E-state index is 0.0584. The molecule has 2 aromatic heterocycles. The van der Waals surface area contributed by atoms with E-state index in [-0.39, 0.29) is 6.04 Å². The van der Waals surface area contributed by atoms with E-state index in [0.29, 0.717) is 17.3 Å². The number of aromatic nitrogens is 2. The molecule has 21 heavy (non-hydrogen) atoms. The molecule has 0 aliphatic heterocycles. The lowest BCUT2D eigenvalue weighted by atomic mass is 10.2. The third kappa shape index (κ3) is 2.68. The van der Waals surface area contributed by atoms with Crippen LogP contribution in [0, 0.1) is 6.92 Å². The van der Waals surface area contributed by atoms with Gasteiger partial charge in [-0.15, -0.1) is 11.6 Å². The summed E-state index contributed by atoms with van der Waals surface area (Å²) in [5.41, 5.74) is 1.93. The van der Waals surface area contributed by atoms with Crippen molar-refractivity contribution in [2.75, 3.05) is 5.88 Å². The molecule has 3 rings (SSSR count). The van der Waals surface area contributed by atoms with Gasteiger partial charge in [0.2, 0.25) is 0 Å². The summed E-state index contributed by atoms with van der Waals surface area (Å²) in [6.07, 6.45) is 0.706. The van der Waals surface area contributed by atoms with E-state index in [1.54, 1.807) is 0 Å². The third-order valence-electron chi connectivity index (χ3n) is 3.60. The summed E-state index contributed by atoms with van der Waals surface area (Å²) in [7, 11) is 0. The minimum atomic E-state index is 0.0584. The van der Waals surface area contributed by atoms with E-state index in [9.17, 15) is 0 Å². The molecule has 2 heterocycles. The fraction of sp³-hybridized carbons (Fsp3) is 0.312. The number of rotatable bonds is 4. The summed E-state index contributed by atoms with van der Waals surface area (Å²) in [6, 6.07) is 9.80. The lowest BCUT2D eigenvalue weighted by Crippen LogP contribution is -2.10. The zero-order chi connectivity index (χ0) is 15.0. The summed E-state index contributed by atoms with van der Waals surface area (Å²) >= 11 is 12.0. The summed E-state index contributed by atoms with van der Waals surface area (Å²) in [6.45, 7) is 4.05. The number of nitrogens with zero attached hydrogens (tertiary/aromatic N) is 2. The number of hydrogen-bond acceptors (Lipinski definition) is 2. The van der Waals surface area contributed by atoms with Crippen LogP contribution in [-0.4, -0.2) is 15.4 Å². The maximum atomic E-state index is 6.06. The van der Waals surface area contributed by atoms with Gasteiger partial charge in [-0.05, 0) is 44.2 Å². The van der Waals surface area contributed by atoms with Gasteiger partial charge in [-0.25, -0.2) is 4.98 Å². The van der Waals surface area contributed by atoms with Crippen LogP contribution >= 0.6 is 23.2 Å². The van der Waals surface area contributed by atoms with Crippen molar-refractivity contribution in [1.29, 1.82) is 0 Å². The molecule has 1 unspecified atom stereocenters. The molecule has 0 fully saturated rings. The van der Waals surface area contributed by atoms with Crippen LogP contribution in [0.15, 0.2) is 34.7 Å². The van der Waals surface area contributed by atoms with Crippen LogP contribution in [0.5, 0.6) is 0 Å². The van der Waals surface area contributed by atoms with Crippen molar-refractivity contribution in [3.8, 4) is 0 Å². The first-order valence-corrected chi connectivity index (χ1v) is 7.80. The van der Waals surface area contributed by atoms with E-state index in [2.05, 4.69) is 16.5 Å². The number of aryl methyl sites for hydroxylation is 2. The number of alkyl halides is 1. The van der Waals surface area contributed by atoms with Gasteiger partial charge in [-0.2, -0.15) is 0 Å². The molecule has 0 saturated heterocycles. The highest BCUT2D eigenvalue weighted by Gasteiger charge is 2.19. The Bertz CT molecular complexity index is 776.